The van der Waals surface area contributed by atoms with E-state index in [0.717, 1.165) is 32.0 Å². The summed E-state index contributed by atoms with van der Waals surface area (Å²) in [6.07, 6.45) is 2.85. The van der Waals surface area contributed by atoms with E-state index in [2.05, 4.69) is 10.3 Å². The molecule has 9 nitrogen and oxygen atoms in total. The normalized spacial score (nSPS) is 19.4. The van der Waals surface area contributed by atoms with Crippen molar-refractivity contribution in [3.05, 3.63) is 58.9 Å². The molecule has 1 aromatic carbocycles. The first-order valence-corrected chi connectivity index (χ1v) is 13.7. The third-order valence-corrected chi connectivity index (χ3v) is 7.67. The van der Waals surface area contributed by atoms with Crippen LogP contribution in [0.5, 0.6) is 5.88 Å². The smallest absolute Gasteiger partial charge is 0.380 e. The molecule has 1 amide bonds. The topological polar surface area (TPSA) is 117 Å². The number of alkyl halides is 2. The number of benzene rings is 1. The first-order valence-electron chi connectivity index (χ1n) is 13.3. The number of ether oxygens (including phenoxy) is 2. The molecule has 3 aromatic rings. The minimum absolute atomic E-state index is 0.0436. The van der Waals surface area contributed by atoms with Crippen molar-refractivity contribution in [2.45, 2.75) is 49.4 Å². The number of amides is 1. The minimum atomic E-state index is -3.99. The van der Waals surface area contributed by atoms with Gasteiger partial charge in [-0.2, -0.15) is 8.78 Å². The number of nitrogens with zero attached hydrogens (tertiary/aromatic N) is 2. The molecule has 12 heteroatoms. The highest BCUT2D eigenvalue weighted by Crippen LogP contribution is 2.34. The van der Waals surface area contributed by atoms with E-state index < -0.39 is 35.3 Å². The van der Waals surface area contributed by atoms with Crippen molar-refractivity contribution >= 4 is 28.5 Å². The molecule has 0 radical (unpaired) electrons. The van der Waals surface area contributed by atoms with Gasteiger partial charge in [-0.1, -0.05) is 11.6 Å². The van der Waals surface area contributed by atoms with Crippen LogP contribution in [-0.2, 0) is 15.5 Å². The van der Waals surface area contributed by atoms with Gasteiger partial charge in [-0.3, -0.25) is 4.79 Å². The van der Waals surface area contributed by atoms with Gasteiger partial charge >= 0.3 is 5.92 Å². The third kappa shape index (κ3) is 6.55. The molecule has 0 aliphatic carbocycles. The molecule has 0 saturated carbocycles. The number of hydrogen-bond acceptors (Lipinski definition) is 8. The largest absolute Gasteiger partial charge is 0.475 e. The average Bonchev–Trinajstić information content (AvgIpc) is 3.62. The number of aliphatic hydroxyl groups excluding tert-OH is 1. The standard InChI is InChI=1S/C28H32ClF2N3O6/c29-20-4-5-22-19(13-20)14-23(40-22)28(30,31)26(36)33-21(16-34-9-1-2-10-34)25(35)18-3-6-24(32-15-18)39-17-27(37)7-11-38-12-8-27/h3-6,13-15,21,25,35,37H,1-2,7-12,16-17H2,(H,33,36)/t21-,25-/m1/s1. The van der Waals surface area contributed by atoms with Gasteiger partial charge in [0.05, 0.1) is 6.04 Å². The number of aromatic nitrogens is 1. The Labute approximate surface area is 235 Å². The van der Waals surface area contributed by atoms with Crippen LogP contribution in [0.1, 0.15) is 43.1 Å². The number of aliphatic hydroxyl groups is 2. The van der Waals surface area contributed by atoms with Crippen LogP contribution in [0.2, 0.25) is 5.02 Å². The summed E-state index contributed by atoms with van der Waals surface area (Å²) in [4.78, 5) is 19.1. The predicted molar refractivity (Wildman–Crippen MR) is 142 cm³/mol. The SMILES string of the molecule is O=C(N[C@H](CN1CCCC1)[C@H](O)c1ccc(OCC2(O)CCOCC2)nc1)C(F)(F)c1cc2cc(Cl)ccc2o1. The van der Waals surface area contributed by atoms with Crippen molar-refractivity contribution in [2.24, 2.45) is 0 Å². The molecule has 0 bridgehead atoms. The van der Waals surface area contributed by atoms with Crippen molar-refractivity contribution < 1.29 is 37.7 Å². The molecule has 2 atom stereocenters. The Morgan fingerprint density at radius 2 is 1.95 bits per heavy atom. The van der Waals surface area contributed by atoms with Crippen LogP contribution in [0.25, 0.3) is 11.0 Å². The van der Waals surface area contributed by atoms with Crippen LogP contribution in [0.4, 0.5) is 8.78 Å². The lowest BCUT2D eigenvalue weighted by Crippen LogP contribution is -2.50. The van der Waals surface area contributed by atoms with E-state index in [1.54, 1.807) is 6.07 Å². The number of likely N-dealkylation sites (tertiary alicyclic amines) is 1. The lowest BCUT2D eigenvalue weighted by molar-refractivity contribution is -0.151. The zero-order valence-electron chi connectivity index (χ0n) is 21.8. The number of carbonyl (C=O) groups is 1. The number of nitrogens with one attached hydrogen (secondary N) is 1. The number of furan rings is 1. The Morgan fingerprint density at radius 3 is 2.65 bits per heavy atom. The van der Waals surface area contributed by atoms with E-state index in [-0.39, 0.29) is 24.6 Å². The maximum absolute atomic E-state index is 15.3. The summed E-state index contributed by atoms with van der Waals surface area (Å²) < 4.78 is 46.7. The van der Waals surface area contributed by atoms with Crippen LogP contribution in [0.15, 0.2) is 47.0 Å². The Bertz CT molecular complexity index is 1310. The van der Waals surface area contributed by atoms with Crippen molar-refractivity contribution in [1.29, 1.82) is 0 Å². The molecule has 2 aromatic heterocycles. The highest BCUT2D eigenvalue weighted by atomic mass is 35.5. The van der Waals surface area contributed by atoms with Crippen molar-refractivity contribution in [3.63, 3.8) is 0 Å². The van der Waals surface area contributed by atoms with E-state index in [1.165, 1.54) is 30.5 Å². The molecule has 0 unspecified atom stereocenters. The number of rotatable bonds is 10. The number of halogens is 3. The highest BCUT2D eigenvalue weighted by molar-refractivity contribution is 6.31. The monoisotopic (exact) mass is 579 g/mol. The van der Waals surface area contributed by atoms with Gasteiger partial charge in [-0.05, 0) is 56.3 Å². The highest BCUT2D eigenvalue weighted by Gasteiger charge is 2.46. The molecule has 216 valence electrons. The quantitative estimate of drug-likeness (QED) is 0.332. The summed E-state index contributed by atoms with van der Waals surface area (Å²) in [6.45, 7) is 2.59. The maximum Gasteiger partial charge on any atom is 0.380 e. The molecule has 0 spiro atoms. The van der Waals surface area contributed by atoms with Crippen LogP contribution < -0.4 is 10.1 Å². The van der Waals surface area contributed by atoms with E-state index >= 15 is 8.78 Å². The molecule has 5 rings (SSSR count). The molecule has 2 fully saturated rings. The average molecular weight is 580 g/mol. The summed E-state index contributed by atoms with van der Waals surface area (Å²) in [5.41, 5.74) is -0.498. The van der Waals surface area contributed by atoms with Gasteiger partial charge < -0.3 is 34.3 Å². The van der Waals surface area contributed by atoms with Crippen LogP contribution in [-0.4, -0.2) is 77.1 Å². The van der Waals surface area contributed by atoms with Gasteiger partial charge in [0.1, 0.15) is 23.9 Å². The molecule has 4 heterocycles. The van der Waals surface area contributed by atoms with Crippen LogP contribution >= 0.6 is 11.6 Å². The van der Waals surface area contributed by atoms with E-state index in [1.807, 2.05) is 4.90 Å². The van der Waals surface area contributed by atoms with E-state index in [9.17, 15) is 15.0 Å². The molecule has 2 aliphatic heterocycles. The van der Waals surface area contributed by atoms with Gasteiger partial charge in [-0.25, -0.2) is 4.98 Å². The van der Waals surface area contributed by atoms with Gasteiger partial charge in [0.15, 0.2) is 5.76 Å². The van der Waals surface area contributed by atoms with E-state index in [0.29, 0.717) is 42.0 Å². The molecule has 3 N–H and O–H groups in total. The van der Waals surface area contributed by atoms with Crippen molar-refractivity contribution in [2.75, 3.05) is 39.5 Å². The first-order chi connectivity index (χ1) is 19.1. The molecule has 2 saturated heterocycles. The lowest BCUT2D eigenvalue weighted by atomic mass is 9.96. The first kappa shape index (κ1) is 28.7. The molecule has 40 heavy (non-hydrogen) atoms. The lowest BCUT2D eigenvalue weighted by Gasteiger charge is -2.31. The van der Waals surface area contributed by atoms with Crippen LogP contribution in [0.3, 0.4) is 0 Å². The fraction of sp³-hybridized carbons (Fsp3) is 0.500. The van der Waals surface area contributed by atoms with Crippen molar-refractivity contribution in [1.82, 2.24) is 15.2 Å². The summed E-state index contributed by atoms with van der Waals surface area (Å²) in [5, 5.41) is 24.8. The number of carbonyl (C=O) groups excluding carboxylic acids is 1. The molecule has 2 aliphatic rings. The van der Waals surface area contributed by atoms with Gasteiger partial charge in [0.2, 0.25) is 5.88 Å². The Morgan fingerprint density at radius 1 is 1.20 bits per heavy atom. The van der Waals surface area contributed by atoms with Crippen molar-refractivity contribution in [3.8, 4) is 5.88 Å². The third-order valence-electron chi connectivity index (χ3n) is 7.44. The van der Waals surface area contributed by atoms with Gasteiger partial charge in [-0.15, -0.1) is 0 Å². The number of pyridine rings is 1. The fourth-order valence-corrected chi connectivity index (χ4v) is 5.18. The maximum atomic E-state index is 15.3. The summed E-state index contributed by atoms with van der Waals surface area (Å²) in [5.74, 6) is -6.15. The second-order valence-corrected chi connectivity index (χ2v) is 10.9. The summed E-state index contributed by atoms with van der Waals surface area (Å²) >= 11 is 5.95. The van der Waals surface area contributed by atoms with E-state index in [4.69, 9.17) is 25.5 Å². The summed E-state index contributed by atoms with van der Waals surface area (Å²) in [6, 6.07) is 7.57. The Hall–Kier alpha value is -2.83. The van der Waals surface area contributed by atoms with Crippen LogP contribution in [0, 0.1) is 0 Å². The summed E-state index contributed by atoms with van der Waals surface area (Å²) in [7, 11) is 0. The second-order valence-electron chi connectivity index (χ2n) is 10.5. The predicted octanol–water partition coefficient (Wildman–Crippen LogP) is 3.81. The minimum Gasteiger partial charge on any atom is -0.475 e. The Balaban J connectivity index is 1.29. The van der Waals surface area contributed by atoms with Gasteiger partial charge in [0, 0.05) is 60.8 Å². The zero-order valence-corrected chi connectivity index (χ0v) is 22.6. The molecular formula is C28H32ClF2N3O6. The second kappa shape index (κ2) is 12.0. The van der Waals surface area contributed by atoms with Gasteiger partial charge in [0.25, 0.3) is 5.91 Å². The Kier molecular flexibility index (Phi) is 8.58. The fourth-order valence-electron chi connectivity index (χ4n) is 5.00. The zero-order chi connectivity index (χ0) is 28.3. The number of hydrogen-bond donors (Lipinski definition) is 3. The molecular weight excluding hydrogens is 548 g/mol. The number of fused-ring (bicyclic) bond motifs is 1.